The molecule has 0 spiro atoms. The van der Waals surface area contributed by atoms with Crippen molar-refractivity contribution < 1.29 is 21.6 Å². The summed E-state index contributed by atoms with van der Waals surface area (Å²) >= 11 is 0. The smallest absolute Gasteiger partial charge is 0.261 e. The van der Waals surface area contributed by atoms with E-state index in [9.17, 15) is 21.6 Å². The van der Waals surface area contributed by atoms with Gasteiger partial charge >= 0.3 is 6.18 Å². The van der Waals surface area contributed by atoms with E-state index in [1.54, 1.807) is 19.1 Å². The monoisotopic (exact) mass is 382 g/mol. The van der Waals surface area contributed by atoms with Gasteiger partial charge in [-0.2, -0.15) is 18.3 Å². The number of benzene rings is 1. The minimum absolute atomic E-state index is 0.150. The first-order chi connectivity index (χ1) is 12.1. The number of aryl methyl sites for hydroxylation is 1. The van der Waals surface area contributed by atoms with Gasteiger partial charge in [0.25, 0.3) is 0 Å². The van der Waals surface area contributed by atoms with Crippen molar-refractivity contribution in [1.29, 1.82) is 0 Å². The molecule has 10 heteroatoms. The summed E-state index contributed by atoms with van der Waals surface area (Å²) < 4.78 is 63.1. The van der Waals surface area contributed by atoms with E-state index in [0.29, 0.717) is 11.3 Å². The fourth-order valence-corrected chi connectivity index (χ4v) is 2.83. The Morgan fingerprint density at radius 3 is 2.23 bits per heavy atom. The molecule has 0 aliphatic rings. The van der Waals surface area contributed by atoms with Crippen molar-refractivity contribution in [1.82, 2.24) is 14.8 Å². The number of rotatable bonds is 3. The van der Waals surface area contributed by atoms with E-state index in [1.165, 1.54) is 30.5 Å². The standard InChI is InChI=1S/C16H13F3N4O2S/c1-10-2-3-11(9-21-10)14-8-15(16(17,18)19)22-23(14)12-4-6-13(7-5-12)26(20,24)25/h2-9H,1H3,(H2,20,24,25). The van der Waals surface area contributed by atoms with E-state index in [2.05, 4.69) is 10.1 Å². The molecule has 0 saturated heterocycles. The number of hydrogen-bond donors (Lipinski definition) is 1. The maximum atomic E-state index is 13.1. The second-order valence-corrected chi connectivity index (χ2v) is 7.11. The highest BCUT2D eigenvalue weighted by atomic mass is 32.2. The molecule has 2 N–H and O–H groups in total. The molecular weight excluding hydrogens is 369 g/mol. The average molecular weight is 382 g/mol. The van der Waals surface area contributed by atoms with Gasteiger partial charge in [-0.3, -0.25) is 4.98 Å². The Bertz CT molecular complexity index is 1040. The van der Waals surface area contributed by atoms with Crippen LogP contribution in [0.3, 0.4) is 0 Å². The first-order valence-corrected chi connectivity index (χ1v) is 8.84. The minimum Gasteiger partial charge on any atom is -0.261 e. The lowest BCUT2D eigenvalue weighted by Crippen LogP contribution is -2.12. The molecule has 0 atom stereocenters. The van der Waals surface area contributed by atoms with Crippen LogP contribution in [0.5, 0.6) is 0 Å². The van der Waals surface area contributed by atoms with Crippen LogP contribution in [0.1, 0.15) is 11.4 Å². The lowest BCUT2D eigenvalue weighted by Gasteiger charge is -2.08. The highest BCUT2D eigenvalue weighted by molar-refractivity contribution is 7.89. The predicted molar refractivity (Wildman–Crippen MR) is 87.9 cm³/mol. The third-order valence-corrected chi connectivity index (χ3v) is 4.55. The first kappa shape index (κ1) is 18.1. The van der Waals surface area contributed by atoms with Crippen LogP contribution >= 0.6 is 0 Å². The summed E-state index contributed by atoms with van der Waals surface area (Å²) in [6.07, 6.45) is -3.18. The number of hydrogen-bond acceptors (Lipinski definition) is 4. The van der Waals surface area contributed by atoms with Crippen molar-refractivity contribution in [2.75, 3.05) is 0 Å². The van der Waals surface area contributed by atoms with Crippen LogP contribution in [0.25, 0.3) is 16.9 Å². The van der Waals surface area contributed by atoms with Crippen LogP contribution < -0.4 is 5.14 Å². The maximum Gasteiger partial charge on any atom is 0.435 e. The van der Waals surface area contributed by atoms with E-state index in [0.717, 1.165) is 10.7 Å². The lowest BCUT2D eigenvalue weighted by molar-refractivity contribution is -0.141. The van der Waals surface area contributed by atoms with Crippen LogP contribution in [0.2, 0.25) is 0 Å². The van der Waals surface area contributed by atoms with Crippen molar-refractivity contribution in [3.05, 3.63) is 60.0 Å². The van der Waals surface area contributed by atoms with E-state index in [1.807, 2.05) is 0 Å². The zero-order valence-corrected chi connectivity index (χ0v) is 14.2. The zero-order chi connectivity index (χ0) is 19.1. The molecule has 0 unspecified atom stereocenters. The Kier molecular flexibility index (Phi) is 4.32. The Balaban J connectivity index is 2.16. The molecular formula is C16H13F3N4O2S. The molecule has 3 rings (SSSR count). The number of alkyl halides is 3. The van der Waals surface area contributed by atoms with Crippen molar-refractivity contribution in [2.45, 2.75) is 18.0 Å². The second-order valence-electron chi connectivity index (χ2n) is 5.55. The summed E-state index contributed by atoms with van der Waals surface area (Å²) in [7, 11) is -3.91. The van der Waals surface area contributed by atoms with Gasteiger partial charge in [0.15, 0.2) is 5.69 Å². The predicted octanol–water partition coefficient (Wildman–Crippen LogP) is 2.91. The fourth-order valence-electron chi connectivity index (χ4n) is 2.32. The van der Waals surface area contributed by atoms with Gasteiger partial charge in [0.1, 0.15) is 0 Å². The Hall–Kier alpha value is -2.72. The van der Waals surface area contributed by atoms with Gasteiger partial charge in [-0.1, -0.05) is 0 Å². The fraction of sp³-hybridized carbons (Fsp3) is 0.125. The quantitative estimate of drug-likeness (QED) is 0.754. The highest BCUT2D eigenvalue weighted by Gasteiger charge is 2.35. The molecule has 26 heavy (non-hydrogen) atoms. The molecule has 0 aliphatic heterocycles. The molecule has 136 valence electrons. The van der Waals surface area contributed by atoms with Gasteiger partial charge < -0.3 is 0 Å². The third kappa shape index (κ3) is 3.60. The summed E-state index contributed by atoms with van der Waals surface area (Å²) in [6.45, 7) is 1.76. The molecule has 0 aliphatic carbocycles. The average Bonchev–Trinajstić information content (AvgIpc) is 3.00. The van der Waals surface area contributed by atoms with Crippen LogP contribution in [0.15, 0.2) is 53.6 Å². The van der Waals surface area contributed by atoms with Gasteiger partial charge in [0.05, 0.1) is 16.3 Å². The molecule has 0 saturated carbocycles. The molecule has 0 radical (unpaired) electrons. The normalized spacial score (nSPS) is 12.3. The first-order valence-electron chi connectivity index (χ1n) is 7.29. The van der Waals surface area contributed by atoms with E-state index >= 15 is 0 Å². The van der Waals surface area contributed by atoms with E-state index in [4.69, 9.17) is 5.14 Å². The Morgan fingerprint density at radius 1 is 1.08 bits per heavy atom. The number of aromatic nitrogens is 3. The molecule has 0 bridgehead atoms. The van der Waals surface area contributed by atoms with Gasteiger partial charge in [0, 0.05) is 17.5 Å². The van der Waals surface area contributed by atoms with Crippen molar-refractivity contribution >= 4 is 10.0 Å². The third-order valence-electron chi connectivity index (χ3n) is 3.62. The summed E-state index contributed by atoms with van der Waals surface area (Å²) in [5.41, 5.74) is 0.516. The molecule has 6 nitrogen and oxygen atoms in total. The van der Waals surface area contributed by atoms with E-state index < -0.39 is 21.9 Å². The van der Waals surface area contributed by atoms with E-state index in [-0.39, 0.29) is 16.3 Å². The van der Waals surface area contributed by atoms with Crippen molar-refractivity contribution in [3.63, 3.8) is 0 Å². The molecule has 0 amide bonds. The van der Waals surface area contributed by atoms with Crippen LogP contribution in [-0.4, -0.2) is 23.2 Å². The van der Waals surface area contributed by atoms with Crippen molar-refractivity contribution in [3.8, 4) is 16.9 Å². The highest BCUT2D eigenvalue weighted by Crippen LogP contribution is 2.33. The van der Waals surface area contributed by atoms with Gasteiger partial charge in [-0.05, 0) is 49.4 Å². The van der Waals surface area contributed by atoms with Gasteiger partial charge in [0.2, 0.25) is 10.0 Å². The van der Waals surface area contributed by atoms with Crippen LogP contribution in [0.4, 0.5) is 13.2 Å². The molecule has 3 aromatic rings. The zero-order valence-electron chi connectivity index (χ0n) is 13.4. The second kappa shape index (κ2) is 6.22. The number of pyridine rings is 1. The summed E-state index contributed by atoms with van der Waals surface area (Å²) in [6, 6.07) is 9.29. The lowest BCUT2D eigenvalue weighted by atomic mass is 10.2. The van der Waals surface area contributed by atoms with Crippen LogP contribution in [-0.2, 0) is 16.2 Å². The minimum atomic E-state index is -4.63. The molecule has 2 heterocycles. The molecule has 2 aromatic heterocycles. The number of primary sulfonamides is 1. The molecule has 1 aromatic carbocycles. The summed E-state index contributed by atoms with van der Waals surface area (Å²) in [5, 5.41) is 8.66. The topological polar surface area (TPSA) is 90.9 Å². The molecule has 0 fully saturated rings. The Labute approximate surface area is 147 Å². The largest absolute Gasteiger partial charge is 0.435 e. The number of nitrogens with zero attached hydrogens (tertiary/aromatic N) is 3. The Morgan fingerprint density at radius 2 is 1.73 bits per heavy atom. The van der Waals surface area contributed by atoms with Crippen molar-refractivity contribution in [2.24, 2.45) is 5.14 Å². The van der Waals surface area contributed by atoms with Gasteiger partial charge in [-0.25, -0.2) is 18.2 Å². The number of sulfonamides is 1. The maximum absolute atomic E-state index is 13.1. The number of nitrogens with two attached hydrogens (primary N) is 1. The summed E-state index contributed by atoms with van der Waals surface area (Å²) in [5.74, 6) is 0. The SMILES string of the molecule is Cc1ccc(-c2cc(C(F)(F)F)nn2-c2ccc(S(N)(=O)=O)cc2)cn1. The van der Waals surface area contributed by atoms with Gasteiger partial charge in [-0.15, -0.1) is 0 Å². The van der Waals surface area contributed by atoms with Crippen LogP contribution in [0, 0.1) is 6.92 Å². The summed E-state index contributed by atoms with van der Waals surface area (Å²) in [4.78, 5) is 3.94. The number of halogens is 3.